The molecular weight excluding hydrogens is 482 g/mol. The third kappa shape index (κ3) is 3.95. The quantitative estimate of drug-likeness (QED) is 0.244. The highest BCUT2D eigenvalue weighted by atomic mass is 79.9. The Balaban J connectivity index is 1.69. The maximum atomic E-state index is 12.9. The number of carbonyl (C=O) groups excluding carboxylic acids is 3. The molecule has 1 fully saturated rings. The standard InChI is InChI=1S/C22H14BrN3O6/c1-12-2-5-15(26(30)31)10-17(12)19-9-8-16(32-19)11-18-20(27)24-22(29)25(21(18)28)14-6-3-13(23)4-7-14/h2-11H,1H3,(H,24,27,29)/b18-11-. The normalized spacial score (nSPS) is 15.2. The lowest BCUT2D eigenvalue weighted by Gasteiger charge is -2.26. The van der Waals surface area contributed by atoms with Gasteiger partial charge >= 0.3 is 6.03 Å². The summed E-state index contributed by atoms with van der Waals surface area (Å²) in [7, 11) is 0. The molecule has 4 rings (SSSR count). The van der Waals surface area contributed by atoms with Crippen LogP contribution in [0.3, 0.4) is 0 Å². The number of imide groups is 2. The minimum atomic E-state index is -0.855. The molecule has 32 heavy (non-hydrogen) atoms. The van der Waals surface area contributed by atoms with E-state index in [4.69, 9.17) is 4.42 Å². The Bertz CT molecular complexity index is 1310. The number of nitrogens with zero attached hydrogens (tertiary/aromatic N) is 2. The molecular formula is C22H14BrN3O6. The van der Waals surface area contributed by atoms with Crippen LogP contribution < -0.4 is 10.2 Å². The fourth-order valence-electron chi connectivity index (χ4n) is 3.19. The summed E-state index contributed by atoms with van der Waals surface area (Å²) in [5, 5.41) is 13.2. The number of anilines is 1. The summed E-state index contributed by atoms with van der Waals surface area (Å²) in [5.41, 5.74) is 1.18. The number of benzene rings is 2. The number of urea groups is 1. The maximum Gasteiger partial charge on any atom is 0.335 e. The molecule has 4 amide bonds. The molecule has 1 saturated heterocycles. The molecule has 1 aromatic heterocycles. The van der Waals surface area contributed by atoms with Crippen LogP contribution in [0.2, 0.25) is 0 Å². The molecule has 2 heterocycles. The molecule has 2 aromatic carbocycles. The van der Waals surface area contributed by atoms with E-state index in [1.807, 2.05) is 0 Å². The van der Waals surface area contributed by atoms with Crippen LogP contribution in [-0.2, 0) is 9.59 Å². The molecule has 0 atom stereocenters. The van der Waals surface area contributed by atoms with Crippen LogP contribution in [0.5, 0.6) is 0 Å². The number of nitrogens with one attached hydrogen (secondary N) is 1. The second-order valence-corrected chi connectivity index (χ2v) is 7.81. The molecule has 1 aliphatic rings. The van der Waals surface area contributed by atoms with E-state index in [-0.39, 0.29) is 17.0 Å². The molecule has 0 radical (unpaired) electrons. The van der Waals surface area contributed by atoms with Gasteiger partial charge in [-0.25, -0.2) is 9.69 Å². The van der Waals surface area contributed by atoms with Crippen LogP contribution in [0.4, 0.5) is 16.2 Å². The van der Waals surface area contributed by atoms with E-state index >= 15 is 0 Å². The van der Waals surface area contributed by atoms with Crippen molar-refractivity contribution in [3.05, 3.63) is 86.1 Å². The van der Waals surface area contributed by atoms with Gasteiger partial charge in [0.05, 0.1) is 10.6 Å². The number of halogens is 1. The van der Waals surface area contributed by atoms with E-state index < -0.39 is 22.8 Å². The number of amides is 4. The Morgan fingerprint density at radius 3 is 2.47 bits per heavy atom. The summed E-state index contributed by atoms with van der Waals surface area (Å²) in [6.45, 7) is 1.78. The van der Waals surface area contributed by atoms with Crippen molar-refractivity contribution in [1.29, 1.82) is 0 Å². The highest BCUT2D eigenvalue weighted by molar-refractivity contribution is 9.10. The van der Waals surface area contributed by atoms with Crippen molar-refractivity contribution in [2.75, 3.05) is 4.90 Å². The number of carbonyl (C=O) groups is 3. The number of non-ortho nitro benzene ring substituents is 1. The Morgan fingerprint density at radius 1 is 1.06 bits per heavy atom. The number of barbiturate groups is 1. The highest BCUT2D eigenvalue weighted by Crippen LogP contribution is 2.30. The maximum absolute atomic E-state index is 12.9. The Kier molecular flexibility index (Phi) is 5.45. The Morgan fingerprint density at radius 2 is 1.78 bits per heavy atom. The van der Waals surface area contributed by atoms with Gasteiger partial charge in [-0.05, 0) is 55.0 Å². The monoisotopic (exact) mass is 495 g/mol. The summed E-state index contributed by atoms with van der Waals surface area (Å²) in [6.07, 6.45) is 1.23. The SMILES string of the molecule is Cc1ccc([N+](=O)[O-])cc1-c1ccc(/C=C2/C(=O)NC(=O)N(c3ccc(Br)cc3)C2=O)o1. The molecule has 0 aliphatic carbocycles. The van der Waals surface area contributed by atoms with Gasteiger partial charge in [0, 0.05) is 22.2 Å². The van der Waals surface area contributed by atoms with E-state index in [2.05, 4.69) is 21.2 Å². The molecule has 0 spiro atoms. The number of furan rings is 1. The van der Waals surface area contributed by atoms with E-state index in [1.165, 1.54) is 24.3 Å². The van der Waals surface area contributed by atoms with Crippen molar-refractivity contribution in [3.8, 4) is 11.3 Å². The number of hydrogen-bond donors (Lipinski definition) is 1. The molecule has 0 saturated carbocycles. The lowest BCUT2D eigenvalue weighted by atomic mass is 10.1. The van der Waals surface area contributed by atoms with E-state index in [0.29, 0.717) is 17.0 Å². The first kappa shape index (κ1) is 21.2. The zero-order chi connectivity index (χ0) is 23.0. The first-order chi connectivity index (χ1) is 15.2. The van der Waals surface area contributed by atoms with Crippen LogP contribution in [0.25, 0.3) is 17.4 Å². The van der Waals surface area contributed by atoms with Crippen molar-refractivity contribution in [2.24, 2.45) is 0 Å². The second kappa shape index (κ2) is 8.23. The fourth-order valence-corrected chi connectivity index (χ4v) is 3.45. The number of nitro groups is 1. The Hall–Kier alpha value is -4.05. The highest BCUT2D eigenvalue weighted by Gasteiger charge is 2.37. The van der Waals surface area contributed by atoms with Gasteiger partial charge in [0.2, 0.25) is 0 Å². The second-order valence-electron chi connectivity index (χ2n) is 6.89. The molecule has 3 aromatic rings. The largest absolute Gasteiger partial charge is 0.457 e. The first-order valence-corrected chi connectivity index (χ1v) is 10.1. The van der Waals surface area contributed by atoms with Crippen LogP contribution in [-0.4, -0.2) is 22.8 Å². The smallest absolute Gasteiger partial charge is 0.335 e. The zero-order valence-electron chi connectivity index (χ0n) is 16.5. The summed E-state index contributed by atoms with van der Waals surface area (Å²) in [4.78, 5) is 49.0. The van der Waals surface area contributed by atoms with E-state index in [0.717, 1.165) is 14.9 Å². The van der Waals surface area contributed by atoms with E-state index in [1.54, 1.807) is 43.3 Å². The number of hydrogen-bond acceptors (Lipinski definition) is 6. The molecule has 1 N–H and O–H groups in total. The van der Waals surface area contributed by atoms with Gasteiger partial charge in [-0.3, -0.25) is 25.0 Å². The summed E-state index contributed by atoms with van der Waals surface area (Å²) in [5.74, 6) is -1.14. The van der Waals surface area contributed by atoms with Crippen molar-refractivity contribution in [2.45, 2.75) is 6.92 Å². The van der Waals surface area contributed by atoms with Gasteiger partial charge in [0.25, 0.3) is 17.5 Å². The zero-order valence-corrected chi connectivity index (χ0v) is 18.1. The number of nitro benzene ring substituents is 1. The molecule has 0 bridgehead atoms. The van der Waals surface area contributed by atoms with Gasteiger partial charge in [-0.2, -0.15) is 0 Å². The van der Waals surface area contributed by atoms with Crippen LogP contribution in [0, 0.1) is 17.0 Å². The molecule has 1 aliphatic heterocycles. The lowest BCUT2D eigenvalue weighted by Crippen LogP contribution is -2.54. The molecule has 0 unspecified atom stereocenters. The number of rotatable bonds is 4. The minimum absolute atomic E-state index is 0.0904. The fraction of sp³-hybridized carbons (Fsp3) is 0.0455. The van der Waals surface area contributed by atoms with Gasteiger partial charge < -0.3 is 4.42 Å². The van der Waals surface area contributed by atoms with Crippen LogP contribution >= 0.6 is 15.9 Å². The van der Waals surface area contributed by atoms with E-state index in [9.17, 15) is 24.5 Å². The van der Waals surface area contributed by atoms with Crippen molar-refractivity contribution in [1.82, 2.24) is 5.32 Å². The third-order valence-electron chi connectivity index (χ3n) is 4.80. The molecule has 9 nitrogen and oxygen atoms in total. The average Bonchev–Trinajstić information content (AvgIpc) is 3.21. The lowest BCUT2D eigenvalue weighted by molar-refractivity contribution is -0.384. The van der Waals surface area contributed by atoms with Crippen LogP contribution in [0.1, 0.15) is 11.3 Å². The summed E-state index contributed by atoms with van der Waals surface area (Å²) in [6, 6.07) is 13.1. The summed E-state index contributed by atoms with van der Waals surface area (Å²) >= 11 is 3.29. The van der Waals surface area contributed by atoms with Gasteiger partial charge in [0.1, 0.15) is 17.1 Å². The predicted octanol–water partition coefficient (Wildman–Crippen LogP) is 4.59. The Labute approximate surface area is 189 Å². The van der Waals surface area contributed by atoms with Crippen molar-refractivity contribution >= 4 is 51.2 Å². The first-order valence-electron chi connectivity index (χ1n) is 9.27. The van der Waals surface area contributed by atoms with Gasteiger partial charge in [0.15, 0.2) is 0 Å². The van der Waals surface area contributed by atoms with Gasteiger partial charge in [-0.1, -0.05) is 22.0 Å². The summed E-state index contributed by atoms with van der Waals surface area (Å²) < 4.78 is 6.49. The minimum Gasteiger partial charge on any atom is -0.457 e. The van der Waals surface area contributed by atoms with Crippen molar-refractivity contribution < 1.29 is 23.7 Å². The van der Waals surface area contributed by atoms with Gasteiger partial charge in [-0.15, -0.1) is 0 Å². The predicted molar refractivity (Wildman–Crippen MR) is 119 cm³/mol. The van der Waals surface area contributed by atoms with Crippen LogP contribution in [0.15, 0.2) is 69.1 Å². The average molecular weight is 496 g/mol. The topological polar surface area (TPSA) is 123 Å². The third-order valence-corrected chi connectivity index (χ3v) is 5.33. The van der Waals surface area contributed by atoms with Crippen molar-refractivity contribution in [3.63, 3.8) is 0 Å². The number of aryl methyl sites for hydroxylation is 1. The molecule has 10 heteroatoms. The molecule has 160 valence electrons.